The summed E-state index contributed by atoms with van der Waals surface area (Å²) in [6.45, 7) is 9.57. The Bertz CT molecular complexity index is 1550. The molecule has 1 spiro atoms. The van der Waals surface area contributed by atoms with Crippen LogP contribution in [0.1, 0.15) is 81.0 Å². The van der Waals surface area contributed by atoms with Crippen LogP contribution >= 0.6 is 0 Å². The van der Waals surface area contributed by atoms with E-state index in [1.54, 1.807) is 24.8 Å². The maximum Gasteiger partial charge on any atom is 0.146 e. The average Bonchev–Trinajstić information content (AvgIpc) is 3.64. The van der Waals surface area contributed by atoms with Gasteiger partial charge in [-0.2, -0.15) is 0 Å². The Morgan fingerprint density at radius 2 is 1.85 bits per heavy atom. The number of anilines is 1. The molecule has 1 aliphatic carbocycles. The summed E-state index contributed by atoms with van der Waals surface area (Å²) in [7, 11) is 0. The standard InChI is InChI=1S/C35H41FN4O/c1-23(2)29-7-4-5-8-30(29)32-9-6-14-40(32)27-20-35(21-27)11-15-39(16-12-35)26-18-31(36)24(3)33(19-26)41-28-17-25-10-13-37-34(25)38-22-28/h4-5,7-8,10,13,17-19,22-23,27,32H,6,9,11-12,14-16,20-21H2,1-3H3,(H,37,38). The molecule has 41 heavy (non-hydrogen) atoms. The lowest BCUT2D eigenvalue weighted by Gasteiger charge is -2.56. The first-order valence-corrected chi connectivity index (χ1v) is 15.4. The van der Waals surface area contributed by atoms with Crippen LogP contribution in [-0.4, -0.2) is 40.5 Å². The number of ether oxygens (including phenoxy) is 1. The molecule has 7 rings (SSSR count). The van der Waals surface area contributed by atoms with Gasteiger partial charge in [-0.15, -0.1) is 0 Å². The normalized spacial score (nSPS) is 21.2. The van der Waals surface area contributed by atoms with E-state index in [1.165, 1.54) is 50.6 Å². The van der Waals surface area contributed by atoms with Gasteiger partial charge in [0.05, 0.1) is 6.20 Å². The minimum atomic E-state index is -0.223. The Balaban J connectivity index is 1.01. The number of piperidine rings is 1. The van der Waals surface area contributed by atoms with Gasteiger partial charge in [0.25, 0.3) is 0 Å². The van der Waals surface area contributed by atoms with Crippen molar-refractivity contribution in [1.29, 1.82) is 0 Å². The maximum absolute atomic E-state index is 15.1. The topological polar surface area (TPSA) is 44.4 Å². The molecule has 2 aromatic carbocycles. The summed E-state index contributed by atoms with van der Waals surface area (Å²) in [6.07, 6.45) is 11.1. The summed E-state index contributed by atoms with van der Waals surface area (Å²) < 4.78 is 21.2. The molecule has 5 nitrogen and oxygen atoms in total. The minimum Gasteiger partial charge on any atom is -0.455 e. The zero-order valence-corrected chi connectivity index (χ0v) is 24.5. The Kier molecular flexibility index (Phi) is 6.77. The van der Waals surface area contributed by atoms with Crippen molar-refractivity contribution in [3.05, 3.63) is 83.4 Å². The van der Waals surface area contributed by atoms with Gasteiger partial charge >= 0.3 is 0 Å². The minimum absolute atomic E-state index is 0.223. The molecule has 4 aromatic rings. The number of nitrogens with zero attached hydrogens (tertiary/aromatic N) is 3. The maximum atomic E-state index is 15.1. The molecule has 0 amide bonds. The number of nitrogens with one attached hydrogen (secondary N) is 1. The van der Waals surface area contributed by atoms with E-state index in [1.807, 2.05) is 24.4 Å². The fraction of sp³-hybridized carbons (Fsp3) is 0.457. The fourth-order valence-electron chi connectivity index (χ4n) is 7.75. The van der Waals surface area contributed by atoms with E-state index < -0.39 is 0 Å². The second-order valence-corrected chi connectivity index (χ2v) is 13.0. The third kappa shape index (κ3) is 4.90. The summed E-state index contributed by atoms with van der Waals surface area (Å²) in [5, 5.41) is 0.973. The van der Waals surface area contributed by atoms with E-state index in [4.69, 9.17) is 4.74 Å². The quantitative estimate of drug-likeness (QED) is 0.260. The second kappa shape index (κ2) is 10.5. The molecular weight excluding hydrogens is 511 g/mol. The molecule has 1 unspecified atom stereocenters. The van der Waals surface area contributed by atoms with Crippen LogP contribution in [0.5, 0.6) is 11.5 Å². The number of benzene rings is 2. The summed E-state index contributed by atoms with van der Waals surface area (Å²) in [4.78, 5) is 12.7. The molecule has 1 saturated carbocycles. The molecular formula is C35H41FN4O. The van der Waals surface area contributed by atoms with E-state index in [9.17, 15) is 0 Å². The number of aromatic nitrogens is 2. The zero-order chi connectivity index (χ0) is 28.1. The van der Waals surface area contributed by atoms with Crippen molar-refractivity contribution in [1.82, 2.24) is 14.9 Å². The molecule has 3 fully saturated rings. The van der Waals surface area contributed by atoms with E-state index in [0.717, 1.165) is 29.8 Å². The van der Waals surface area contributed by atoms with Crippen LogP contribution in [-0.2, 0) is 0 Å². The predicted octanol–water partition coefficient (Wildman–Crippen LogP) is 8.51. The highest BCUT2D eigenvalue weighted by atomic mass is 19.1. The van der Waals surface area contributed by atoms with Gasteiger partial charge < -0.3 is 14.6 Å². The number of aromatic amines is 1. The summed E-state index contributed by atoms with van der Waals surface area (Å²) in [5.74, 6) is 1.51. The van der Waals surface area contributed by atoms with E-state index in [0.29, 0.717) is 40.5 Å². The molecule has 2 saturated heterocycles. The smallest absolute Gasteiger partial charge is 0.146 e. The largest absolute Gasteiger partial charge is 0.455 e. The number of likely N-dealkylation sites (tertiary alicyclic amines) is 1. The lowest BCUT2D eigenvalue weighted by molar-refractivity contribution is -0.0227. The Morgan fingerprint density at radius 3 is 2.66 bits per heavy atom. The third-order valence-corrected chi connectivity index (χ3v) is 10.2. The van der Waals surface area contributed by atoms with Crippen LogP contribution in [0.25, 0.3) is 11.0 Å². The number of hydrogen-bond donors (Lipinski definition) is 1. The van der Waals surface area contributed by atoms with Gasteiger partial charge in [-0.1, -0.05) is 38.1 Å². The molecule has 4 heterocycles. The van der Waals surface area contributed by atoms with Crippen molar-refractivity contribution in [2.75, 3.05) is 24.5 Å². The van der Waals surface area contributed by atoms with Crippen molar-refractivity contribution in [3.8, 4) is 11.5 Å². The van der Waals surface area contributed by atoms with Gasteiger partial charge in [0.1, 0.15) is 23.0 Å². The highest BCUT2D eigenvalue weighted by molar-refractivity contribution is 5.76. The van der Waals surface area contributed by atoms with Crippen LogP contribution in [0.4, 0.5) is 10.1 Å². The number of hydrogen-bond acceptors (Lipinski definition) is 4. The number of fused-ring (bicyclic) bond motifs is 1. The Labute approximate surface area is 242 Å². The zero-order valence-electron chi connectivity index (χ0n) is 24.5. The first-order valence-electron chi connectivity index (χ1n) is 15.4. The van der Waals surface area contributed by atoms with E-state index >= 15 is 4.39 Å². The van der Waals surface area contributed by atoms with Gasteiger partial charge in [0.15, 0.2) is 0 Å². The van der Waals surface area contributed by atoms with Crippen molar-refractivity contribution in [2.24, 2.45) is 5.41 Å². The molecule has 2 aromatic heterocycles. The van der Waals surface area contributed by atoms with Gasteiger partial charge in [0, 0.05) is 54.1 Å². The lowest BCUT2D eigenvalue weighted by atomic mass is 9.59. The van der Waals surface area contributed by atoms with Crippen LogP contribution in [0.2, 0.25) is 0 Å². The van der Waals surface area contributed by atoms with Gasteiger partial charge in [-0.3, -0.25) is 4.90 Å². The van der Waals surface area contributed by atoms with Crippen LogP contribution in [0, 0.1) is 18.2 Å². The van der Waals surface area contributed by atoms with E-state index in [-0.39, 0.29) is 5.82 Å². The Hall–Kier alpha value is -3.38. The molecule has 2 aliphatic heterocycles. The first-order chi connectivity index (χ1) is 19.9. The number of rotatable bonds is 6. The van der Waals surface area contributed by atoms with Gasteiger partial charge in [-0.05, 0) is 92.7 Å². The van der Waals surface area contributed by atoms with Crippen LogP contribution < -0.4 is 9.64 Å². The van der Waals surface area contributed by atoms with Crippen molar-refractivity contribution in [2.45, 2.75) is 77.3 Å². The summed E-state index contributed by atoms with van der Waals surface area (Å²) >= 11 is 0. The van der Waals surface area contributed by atoms with E-state index in [2.05, 4.69) is 57.9 Å². The van der Waals surface area contributed by atoms with Crippen LogP contribution in [0.15, 0.2) is 60.9 Å². The number of H-pyrrole nitrogens is 1. The molecule has 6 heteroatoms. The first kappa shape index (κ1) is 26.5. The average molecular weight is 553 g/mol. The van der Waals surface area contributed by atoms with Crippen LogP contribution in [0.3, 0.4) is 0 Å². The predicted molar refractivity (Wildman–Crippen MR) is 163 cm³/mol. The van der Waals surface area contributed by atoms with Crippen molar-refractivity contribution < 1.29 is 9.13 Å². The monoisotopic (exact) mass is 552 g/mol. The summed E-state index contributed by atoms with van der Waals surface area (Å²) in [5.41, 5.74) is 5.76. The van der Waals surface area contributed by atoms with Gasteiger partial charge in [-0.25, -0.2) is 9.37 Å². The fourth-order valence-corrected chi connectivity index (χ4v) is 7.75. The molecule has 0 bridgehead atoms. The molecule has 1 N–H and O–H groups in total. The number of pyridine rings is 1. The lowest BCUT2D eigenvalue weighted by Crippen LogP contribution is -2.55. The molecule has 214 valence electrons. The highest BCUT2D eigenvalue weighted by Crippen LogP contribution is 2.54. The van der Waals surface area contributed by atoms with Crippen molar-refractivity contribution in [3.63, 3.8) is 0 Å². The molecule has 3 aliphatic rings. The number of halogens is 1. The Morgan fingerprint density at radius 1 is 1.05 bits per heavy atom. The highest BCUT2D eigenvalue weighted by Gasteiger charge is 2.50. The van der Waals surface area contributed by atoms with Gasteiger partial charge in [0.2, 0.25) is 0 Å². The SMILES string of the molecule is Cc1c(F)cc(N2CCC3(CC2)CC(N2CCCC2c2ccccc2C(C)C)C3)cc1Oc1cnc2[nH]ccc2c1. The third-order valence-electron chi connectivity index (χ3n) is 10.2. The van der Waals surface area contributed by atoms with Crippen molar-refractivity contribution >= 4 is 16.7 Å². The second-order valence-electron chi connectivity index (χ2n) is 13.0. The molecule has 1 atom stereocenters. The summed E-state index contributed by atoms with van der Waals surface area (Å²) in [6, 6.07) is 18.0. The molecule has 0 radical (unpaired) electrons.